The summed E-state index contributed by atoms with van der Waals surface area (Å²) >= 11 is 5.85. The van der Waals surface area contributed by atoms with Crippen LogP contribution in [-0.4, -0.2) is 23.1 Å². The number of hydrogen-bond donors (Lipinski definition) is 4. The Morgan fingerprint density at radius 3 is 2.47 bits per heavy atom. The smallest absolute Gasteiger partial charge is 0.271 e. The number of fused-ring (bicyclic) bond motifs is 1. The summed E-state index contributed by atoms with van der Waals surface area (Å²) in [5.74, 6) is -1.26. The molecule has 0 heterocycles. The molecular weight excluding hydrogens is 483 g/mol. The van der Waals surface area contributed by atoms with E-state index in [0.717, 1.165) is 21.9 Å². The minimum atomic E-state index is -0.761. The quantitative estimate of drug-likeness (QED) is 0.169. The van der Waals surface area contributed by atoms with Crippen molar-refractivity contribution in [1.29, 1.82) is 0 Å². The number of halogens is 2. The van der Waals surface area contributed by atoms with E-state index in [1.807, 2.05) is 30.3 Å². The third-order valence-corrected chi connectivity index (χ3v) is 5.83. The number of carbonyl (C=O) groups is 2. The molecule has 0 bridgehead atoms. The highest BCUT2D eigenvalue weighted by molar-refractivity contribution is 6.32. The van der Waals surface area contributed by atoms with Crippen LogP contribution in [0.25, 0.3) is 10.8 Å². The van der Waals surface area contributed by atoms with Gasteiger partial charge in [0.05, 0.1) is 17.7 Å². The molecule has 0 saturated heterocycles. The standard InChI is InChI=1S/C27H22ClFN4O3/c28-23-13-18(9-12-24(23)34)27(36)33-31-15-19-6-5-17(21-3-1-2-4-22(19)21)14-25(35)32-26(30)16-7-10-20(29)11-8-16/h1-13,15,26,34H,14,30H2,(H,32,35)(H,33,36)/b31-15+. The molecule has 1 atom stereocenters. The molecule has 1 unspecified atom stereocenters. The van der Waals surface area contributed by atoms with Gasteiger partial charge in [-0.25, -0.2) is 9.82 Å². The third-order valence-electron chi connectivity index (χ3n) is 5.52. The highest BCUT2D eigenvalue weighted by Crippen LogP contribution is 2.24. The fraction of sp³-hybridized carbons (Fsp3) is 0.0741. The number of hydrogen-bond acceptors (Lipinski definition) is 5. The Morgan fingerprint density at radius 2 is 1.75 bits per heavy atom. The van der Waals surface area contributed by atoms with Crippen molar-refractivity contribution in [3.63, 3.8) is 0 Å². The zero-order chi connectivity index (χ0) is 25.7. The number of nitrogens with zero attached hydrogens (tertiary/aromatic N) is 1. The summed E-state index contributed by atoms with van der Waals surface area (Å²) < 4.78 is 13.1. The molecule has 0 aromatic heterocycles. The van der Waals surface area contributed by atoms with Gasteiger partial charge in [-0.1, -0.05) is 60.1 Å². The van der Waals surface area contributed by atoms with E-state index in [9.17, 15) is 19.1 Å². The van der Waals surface area contributed by atoms with Crippen LogP contribution in [0, 0.1) is 5.82 Å². The van der Waals surface area contributed by atoms with Crippen LogP contribution < -0.4 is 16.5 Å². The lowest BCUT2D eigenvalue weighted by Gasteiger charge is -2.15. The molecule has 7 nitrogen and oxygen atoms in total. The van der Waals surface area contributed by atoms with Crippen molar-refractivity contribution < 1.29 is 19.1 Å². The minimum Gasteiger partial charge on any atom is -0.506 e. The number of phenolic OH excluding ortho intramolecular Hbond substituents is 1. The molecule has 0 fully saturated rings. The van der Waals surface area contributed by atoms with Gasteiger partial charge in [0.25, 0.3) is 5.91 Å². The Labute approximate surface area is 211 Å². The van der Waals surface area contributed by atoms with Crippen LogP contribution in [0.3, 0.4) is 0 Å². The normalized spacial score (nSPS) is 12.0. The molecule has 0 saturated carbocycles. The third kappa shape index (κ3) is 5.86. The summed E-state index contributed by atoms with van der Waals surface area (Å²) in [6.07, 6.45) is 0.838. The van der Waals surface area contributed by atoms with E-state index in [1.165, 1.54) is 48.7 Å². The first-order chi connectivity index (χ1) is 17.3. The summed E-state index contributed by atoms with van der Waals surface area (Å²) in [6, 6.07) is 20.9. The summed E-state index contributed by atoms with van der Waals surface area (Å²) in [5, 5.41) is 18.0. The van der Waals surface area contributed by atoms with Crippen LogP contribution in [0.15, 0.2) is 84.0 Å². The SMILES string of the molecule is NC(NC(=O)Cc1ccc(/C=N/NC(=O)c2ccc(O)c(Cl)c2)c2ccccc12)c1ccc(F)cc1. The second-order valence-electron chi connectivity index (χ2n) is 8.00. The van der Waals surface area contributed by atoms with Crippen molar-refractivity contribution in [3.8, 4) is 5.75 Å². The Hall–Kier alpha value is -4.27. The topological polar surface area (TPSA) is 117 Å². The minimum absolute atomic E-state index is 0.0656. The molecule has 4 aromatic rings. The summed E-state index contributed by atoms with van der Waals surface area (Å²) in [4.78, 5) is 25.0. The number of benzene rings is 4. The Balaban J connectivity index is 1.47. The molecule has 0 aliphatic heterocycles. The molecule has 182 valence electrons. The van der Waals surface area contributed by atoms with Gasteiger partial charge in [0, 0.05) is 11.1 Å². The maximum absolute atomic E-state index is 13.1. The van der Waals surface area contributed by atoms with Crippen molar-refractivity contribution in [1.82, 2.24) is 10.7 Å². The van der Waals surface area contributed by atoms with E-state index in [1.54, 1.807) is 6.07 Å². The summed E-state index contributed by atoms with van der Waals surface area (Å²) in [6.45, 7) is 0. The highest BCUT2D eigenvalue weighted by Gasteiger charge is 2.13. The van der Waals surface area contributed by atoms with E-state index >= 15 is 0 Å². The Kier molecular flexibility index (Phi) is 7.58. The first-order valence-corrected chi connectivity index (χ1v) is 11.3. The molecule has 4 aromatic carbocycles. The molecule has 9 heteroatoms. The van der Waals surface area contributed by atoms with Crippen LogP contribution in [0.1, 0.15) is 33.2 Å². The van der Waals surface area contributed by atoms with Crippen LogP contribution in [0.4, 0.5) is 4.39 Å². The van der Waals surface area contributed by atoms with Crippen LogP contribution in [0.5, 0.6) is 5.75 Å². The van der Waals surface area contributed by atoms with Gasteiger partial charge >= 0.3 is 0 Å². The molecule has 0 aliphatic carbocycles. The maximum atomic E-state index is 13.1. The number of aromatic hydroxyl groups is 1. The molecular formula is C27H22ClFN4O3. The number of amides is 2. The van der Waals surface area contributed by atoms with E-state index in [2.05, 4.69) is 15.8 Å². The van der Waals surface area contributed by atoms with E-state index < -0.39 is 12.1 Å². The van der Waals surface area contributed by atoms with Gasteiger partial charge in [-0.05, 0) is 52.2 Å². The maximum Gasteiger partial charge on any atom is 0.271 e. The summed E-state index contributed by atoms with van der Waals surface area (Å²) in [7, 11) is 0. The van der Waals surface area contributed by atoms with Crippen LogP contribution >= 0.6 is 11.6 Å². The second kappa shape index (κ2) is 11.0. The lowest BCUT2D eigenvalue weighted by Crippen LogP contribution is -2.35. The first-order valence-electron chi connectivity index (χ1n) is 10.9. The van der Waals surface area contributed by atoms with Gasteiger partial charge in [-0.3, -0.25) is 9.59 Å². The average molecular weight is 505 g/mol. The average Bonchev–Trinajstić information content (AvgIpc) is 2.87. The lowest BCUT2D eigenvalue weighted by atomic mass is 9.98. The molecule has 2 amide bonds. The van der Waals surface area contributed by atoms with Gasteiger partial charge in [-0.15, -0.1) is 0 Å². The van der Waals surface area contributed by atoms with Crippen molar-refractivity contribution in [2.24, 2.45) is 10.8 Å². The monoisotopic (exact) mass is 504 g/mol. The largest absolute Gasteiger partial charge is 0.506 e. The van der Waals surface area contributed by atoms with E-state index in [4.69, 9.17) is 17.3 Å². The van der Waals surface area contributed by atoms with Crippen molar-refractivity contribution in [2.75, 3.05) is 0 Å². The van der Waals surface area contributed by atoms with Gasteiger partial charge in [0.15, 0.2) is 0 Å². The lowest BCUT2D eigenvalue weighted by molar-refractivity contribution is -0.121. The predicted molar refractivity (Wildman–Crippen MR) is 137 cm³/mol. The molecule has 0 aliphatic rings. The van der Waals surface area contributed by atoms with Gasteiger partial charge in [0.1, 0.15) is 17.7 Å². The predicted octanol–water partition coefficient (Wildman–Crippen LogP) is 4.42. The second-order valence-corrected chi connectivity index (χ2v) is 8.41. The molecule has 4 rings (SSSR count). The molecule has 0 radical (unpaired) electrons. The number of phenols is 1. The van der Waals surface area contributed by atoms with Crippen molar-refractivity contribution >= 4 is 40.4 Å². The van der Waals surface area contributed by atoms with Gasteiger partial charge in [0.2, 0.25) is 5.91 Å². The zero-order valence-corrected chi connectivity index (χ0v) is 19.7. The Bertz CT molecular complexity index is 1460. The van der Waals surface area contributed by atoms with Crippen molar-refractivity contribution in [2.45, 2.75) is 12.6 Å². The van der Waals surface area contributed by atoms with E-state index in [-0.39, 0.29) is 34.5 Å². The fourth-order valence-corrected chi connectivity index (χ4v) is 3.86. The molecule has 5 N–H and O–H groups in total. The number of rotatable bonds is 7. The molecule has 36 heavy (non-hydrogen) atoms. The zero-order valence-electron chi connectivity index (χ0n) is 18.9. The van der Waals surface area contributed by atoms with E-state index in [0.29, 0.717) is 5.56 Å². The van der Waals surface area contributed by atoms with Gasteiger partial charge < -0.3 is 16.2 Å². The van der Waals surface area contributed by atoms with Crippen molar-refractivity contribution in [3.05, 3.63) is 112 Å². The number of nitrogens with two attached hydrogens (primary N) is 1. The molecule has 0 spiro atoms. The first kappa shape index (κ1) is 24.8. The number of nitrogens with one attached hydrogen (secondary N) is 2. The van der Waals surface area contributed by atoms with Gasteiger partial charge in [-0.2, -0.15) is 5.10 Å². The number of carbonyl (C=O) groups excluding carboxylic acids is 2. The summed E-state index contributed by atoms with van der Waals surface area (Å²) in [5.41, 5.74) is 10.9. The van der Waals surface area contributed by atoms with Crippen LogP contribution in [0.2, 0.25) is 5.02 Å². The highest BCUT2D eigenvalue weighted by atomic mass is 35.5. The van der Waals surface area contributed by atoms with Crippen LogP contribution in [-0.2, 0) is 11.2 Å². The fourth-order valence-electron chi connectivity index (χ4n) is 3.68. The number of hydrazone groups is 1. The Morgan fingerprint density at radius 1 is 1.03 bits per heavy atom.